The van der Waals surface area contributed by atoms with Crippen LogP contribution >= 0.6 is 27.7 Å². The molecule has 7 heteroatoms. The molecule has 4 rings (SSSR count). The van der Waals surface area contributed by atoms with Crippen LogP contribution in [0.3, 0.4) is 0 Å². The number of nitrogens with one attached hydrogen (secondary N) is 1. The zero-order valence-corrected chi connectivity index (χ0v) is 17.5. The standard InChI is InChI=1S/C22H15BrFN3OS/c23-15-4-3-5-17(12-15)25-20(28)13-29-22-19-7-2-1-6-18(19)21(26-27-22)14-8-10-16(24)11-9-14/h1-12H,13H2,(H,25,28). The molecule has 1 amide bonds. The first-order valence-electron chi connectivity index (χ1n) is 8.80. The minimum absolute atomic E-state index is 0.124. The monoisotopic (exact) mass is 467 g/mol. The Morgan fingerprint density at radius 3 is 2.48 bits per heavy atom. The van der Waals surface area contributed by atoms with Gasteiger partial charge in [0.2, 0.25) is 5.91 Å². The van der Waals surface area contributed by atoms with Gasteiger partial charge in [0, 0.05) is 26.5 Å². The SMILES string of the molecule is O=C(CSc1nnc(-c2ccc(F)cc2)c2ccccc12)Nc1cccc(Br)c1. The number of fused-ring (bicyclic) bond motifs is 1. The predicted octanol–water partition coefficient (Wildman–Crippen LogP) is 5.93. The second kappa shape index (κ2) is 8.71. The highest BCUT2D eigenvalue weighted by Crippen LogP contribution is 2.31. The summed E-state index contributed by atoms with van der Waals surface area (Å²) in [5, 5.41) is 14.0. The summed E-state index contributed by atoms with van der Waals surface area (Å²) in [6.07, 6.45) is 0. The highest BCUT2D eigenvalue weighted by atomic mass is 79.9. The fraction of sp³-hybridized carbons (Fsp3) is 0.0455. The molecule has 0 saturated carbocycles. The van der Waals surface area contributed by atoms with Gasteiger partial charge in [0.1, 0.15) is 16.5 Å². The van der Waals surface area contributed by atoms with Gasteiger partial charge in [0.05, 0.1) is 5.75 Å². The van der Waals surface area contributed by atoms with E-state index in [9.17, 15) is 9.18 Å². The Bertz CT molecular complexity index is 1180. The van der Waals surface area contributed by atoms with Crippen molar-refractivity contribution < 1.29 is 9.18 Å². The number of aromatic nitrogens is 2. The van der Waals surface area contributed by atoms with Gasteiger partial charge in [0.15, 0.2) is 0 Å². The number of amides is 1. The fourth-order valence-electron chi connectivity index (χ4n) is 2.90. The normalized spacial score (nSPS) is 10.8. The van der Waals surface area contributed by atoms with E-state index in [4.69, 9.17) is 0 Å². The van der Waals surface area contributed by atoms with Crippen LogP contribution in [0.2, 0.25) is 0 Å². The van der Waals surface area contributed by atoms with Gasteiger partial charge in [-0.15, -0.1) is 10.2 Å². The van der Waals surface area contributed by atoms with E-state index < -0.39 is 0 Å². The summed E-state index contributed by atoms with van der Waals surface area (Å²) < 4.78 is 14.2. The zero-order valence-electron chi connectivity index (χ0n) is 15.1. The van der Waals surface area contributed by atoms with Crippen LogP contribution in [0.4, 0.5) is 10.1 Å². The quantitative estimate of drug-likeness (QED) is 0.369. The van der Waals surface area contributed by atoms with E-state index in [1.165, 1.54) is 23.9 Å². The highest BCUT2D eigenvalue weighted by Gasteiger charge is 2.13. The second-order valence-corrected chi connectivity index (χ2v) is 8.13. The van der Waals surface area contributed by atoms with Gasteiger partial charge in [-0.05, 0) is 42.5 Å². The van der Waals surface area contributed by atoms with Crippen LogP contribution in [0.5, 0.6) is 0 Å². The summed E-state index contributed by atoms with van der Waals surface area (Å²) >= 11 is 4.72. The van der Waals surface area contributed by atoms with E-state index in [0.29, 0.717) is 10.7 Å². The number of carbonyl (C=O) groups excluding carboxylic acids is 1. The molecule has 4 nitrogen and oxygen atoms in total. The molecule has 0 saturated heterocycles. The maximum Gasteiger partial charge on any atom is 0.234 e. The van der Waals surface area contributed by atoms with E-state index in [-0.39, 0.29) is 17.5 Å². The van der Waals surface area contributed by atoms with Gasteiger partial charge >= 0.3 is 0 Å². The Balaban J connectivity index is 1.56. The largest absolute Gasteiger partial charge is 0.325 e. The van der Waals surface area contributed by atoms with Crippen molar-refractivity contribution in [1.82, 2.24) is 10.2 Å². The summed E-state index contributed by atoms with van der Waals surface area (Å²) in [7, 11) is 0. The molecule has 29 heavy (non-hydrogen) atoms. The van der Waals surface area contributed by atoms with Crippen LogP contribution in [0.1, 0.15) is 0 Å². The Morgan fingerprint density at radius 1 is 0.966 bits per heavy atom. The third kappa shape index (κ3) is 4.63. The van der Waals surface area contributed by atoms with Crippen LogP contribution in [-0.4, -0.2) is 21.9 Å². The first kappa shape index (κ1) is 19.5. The molecule has 1 N–H and O–H groups in total. The van der Waals surface area contributed by atoms with Gasteiger partial charge in [-0.1, -0.05) is 58.0 Å². The molecule has 0 unspecified atom stereocenters. The number of nitrogens with zero attached hydrogens (tertiary/aromatic N) is 2. The maximum atomic E-state index is 13.3. The van der Waals surface area contributed by atoms with Crippen molar-refractivity contribution in [3.8, 4) is 11.3 Å². The van der Waals surface area contributed by atoms with E-state index in [1.807, 2.05) is 48.5 Å². The minimum atomic E-state index is -0.297. The molecular weight excluding hydrogens is 453 g/mol. The third-order valence-corrected chi connectivity index (χ3v) is 5.69. The van der Waals surface area contributed by atoms with E-state index in [1.54, 1.807) is 12.1 Å². The molecule has 0 spiro atoms. The molecule has 144 valence electrons. The van der Waals surface area contributed by atoms with Crippen molar-refractivity contribution in [1.29, 1.82) is 0 Å². The third-order valence-electron chi connectivity index (χ3n) is 4.22. The molecule has 0 bridgehead atoms. The molecule has 0 aliphatic heterocycles. The summed E-state index contributed by atoms with van der Waals surface area (Å²) in [5.74, 6) is -0.211. The van der Waals surface area contributed by atoms with Crippen molar-refractivity contribution in [2.75, 3.05) is 11.1 Å². The second-order valence-electron chi connectivity index (χ2n) is 6.25. The van der Waals surface area contributed by atoms with Crippen molar-refractivity contribution in [2.24, 2.45) is 0 Å². The lowest BCUT2D eigenvalue weighted by atomic mass is 10.1. The summed E-state index contributed by atoms with van der Waals surface area (Å²) in [6, 6.07) is 21.4. The van der Waals surface area contributed by atoms with Gasteiger partial charge in [0.25, 0.3) is 0 Å². The van der Waals surface area contributed by atoms with Gasteiger partial charge in [-0.3, -0.25) is 4.79 Å². The lowest BCUT2D eigenvalue weighted by molar-refractivity contribution is -0.113. The Hall–Kier alpha value is -2.77. The van der Waals surface area contributed by atoms with Crippen LogP contribution in [0.15, 0.2) is 82.3 Å². The molecule has 0 atom stereocenters. The van der Waals surface area contributed by atoms with Crippen molar-refractivity contribution in [2.45, 2.75) is 5.03 Å². The van der Waals surface area contributed by atoms with Gasteiger partial charge in [-0.2, -0.15) is 0 Å². The predicted molar refractivity (Wildman–Crippen MR) is 118 cm³/mol. The van der Waals surface area contributed by atoms with Crippen LogP contribution < -0.4 is 5.32 Å². The molecule has 4 aromatic rings. The Morgan fingerprint density at radius 2 is 1.72 bits per heavy atom. The number of thioether (sulfide) groups is 1. The average molecular weight is 468 g/mol. The number of hydrogen-bond acceptors (Lipinski definition) is 4. The number of rotatable bonds is 5. The summed E-state index contributed by atoms with van der Waals surface area (Å²) in [4.78, 5) is 12.3. The Labute approximate surface area is 179 Å². The smallest absolute Gasteiger partial charge is 0.234 e. The Kier molecular flexibility index (Phi) is 5.87. The summed E-state index contributed by atoms with van der Waals surface area (Å²) in [6.45, 7) is 0. The topological polar surface area (TPSA) is 54.9 Å². The molecule has 0 aliphatic rings. The highest BCUT2D eigenvalue weighted by molar-refractivity contribution is 9.10. The van der Waals surface area contributed by atoms with Gasteiger partial charge < -0.3 is 5.32 Å². The zero-order chi connectivity index (χ0) is 20.2. The summed E-state index contributed by atoms with van der Waals surface area (Å²) in [5.41, 5.74) is 2.20. The lowest BCUT2D eigenvalue weighted by Crippen LogP contribution is -2.14. The van der Waals surface area contributed by atoms with Crippen molar-refractivity contribution in [3.05, 3.63) is 83.1 Å². The van der Waals surface area contributed by atoms with Gasteiger partial charge in [-0.25, -0.2) is 4.39 Å². The number of anilines is 1. The molecule has 1 aromatic heterocycles. The molecule has 0 radical (unpaired) electrons. The molecular formula is C22H15BrFN3OS. The number of carbonyl (C=O) groups is 1. The fourth-order valence-corrected chi connectivity index (χ4v) is 4.08. The number of benzene rings is 3. The van der Waals surface area contributed by atoms with Crippen molar-refractivity contribution in [3.63, 3.8) is 0 Å². The van der Waals surface area contributed by atoms with E-state index >= 15 is 0 Å². The molecule has 1 heterocycles. The molecule has 0 fully saturated rings. The first-order chi connectivity index (χ1) is 14.1. The minimum Gasteiger partial charge on any atom is -0.325 e. The van der Waals surface area contributed by atoms with E-state index in [2.05, 4.69) is 31.4 Å². The lowest BCUT2D eigenvalue weighted by Gasteiger charge is -2.09. The first-order valence-corrected chi connectivity index (χ1v) is 10.6. The van der Waals surface area contributed by atoms with Crippen LogP contribution in [0, 0.1) is 5.82 Å². The van der Waals surface area contributed by atoms with E-state index in [0.717, 1.165) is 26.5 Å². The average Bonchev–Trinajstić information content (AvgIpc) is 2.73. The van der Waals surface area contributed by atoms with Crippen LogP contribution in [-0.2, 0) is 4.79 Å². The molecule has 3 aromatic carbocycles. The van der Waals surface area contributed by atoms with Crippen LogP contribution in [0.25, 0.3) is 22.0 Å². The number of halogens is 2. The number of hydrogen-bond donors (Lipinski definition) is 1. The maximum absolute atomic E-state index is 13.3. The molecule has 0 aliphatic carbocycles. The van der Waals surface area contributed by atoms with Crippen molar-refractivity contribution >= 4 is 50.1 Å².